The van der Waals surface area contributed by atoms with Crippen LogP contribution in [-0.4, -0.2) is 33.6 Å². The number of carbonyl (C=O) groups is 1. The van der Waals surface area contributed by atoms with Crippen molar-refractivity contribution in [3.63, 3.8) is 0 Å². The average Bonchev–Trinajstić information content (AvgIpc) is 3.30. The predicted octanol–water partition coefficient (Wildman–Crippen LogP) is 4.50. The lowest BCUT2D eigenvalue weighted by atomic mass is 9.81. The second-order valence-corrected chi connectivity index (χ2v) is 8.33. The van der Waals surface area contributed by atoms with Gasteiger partial charge in [-0.15, -0.1) is 0 Å². The number of rotatable bonds is 4. The van der Waals surface area contributed by atoms with E-state index in [1.165, 1.54) is 27.4 Å². The minimum atomic E-state index is -0.589. The van der Waals surface area contributed by atoms with Crippen LogP contribution in [0.15, 0.2) is 42.5 Å². The second kappa shape index (κ2) is 6.10. The van der Waals surface area contributed by atoms with Crippen molar-refractivity contribution in [3.8, 4) is 0 Å². The summed E-state index contributed by atoms with van der Waals surface area (Å²) in [4.78, 5) is 14.3. The first-order valence-corrected chi connectivity index (χ1v) is 10.1. The van der Waals surface area contributed by atoms with E-state index in [-0.39, 0.29) is 0 Å². The molecule has 5 rings (SSSR count). The van der Waals surface area contributed by atoms with Crippen molar-refractivity contribution in [1.82, 2.24) is 9.47 Å². The quantitative estimate of drug-likeness (QED) is 0.743. The molecule has 1 aliphatic heterocycles. The number of aryl methyl sites for hydroxylation is 1. The molecule has 0 amide bonds. The number of hydrogen-bond donors (Lipinski definition) is 1. The molecule has 140 valence electrons. The normalized spacial score (nSPS) is 25.4. The summed E-state index contributed by atoms with van der Waals surface area (Å²) in [6.07, 6.45) is 2.96. The lowest BCUT2D eigenvalue weighted by molar-refractivity contribution is -0.149. The summed E-state index contributed by atoms with van der Waals surface area (Å²) in [5, 5.41) is 12.4. The molecule has 27 heavy (non-hydrogen) atoms. The number of aliphatic carboxylic acids is 1. The number of para-hydroxylation sites is 1. The molecular formula is C23H26N2O2. The first-order valence-electron chi connectivity index (χ1n) is 10.1. The van der Waals surface area contributed by atoms with Crippen molar-refractivity contribution in [2.75, 3.05) is 13.1 Å². The van der Waals surface area contributed by atoms with Crippen LogP contribution in [0.4, 0.5) is 0 Å². The summed E-state index contributed by atoms with van der Waals surface area (Å²) in [5.41, 5.74) is 3.35. The Morgan fingerprint density at radius 1 is 1.19 bits per heavy atom. The molecule has 1 saturated heterocycles. The molecule has 4 nitrogen and oxygen atoms in total. The van der Waals surface area contributed by atoms with Crippen LogP contribution in [-0.2, 0) is 17.9 Å². The minimum Gasteiger partial charge on any atom is -0.481 e. The number of hydrogen-bond acceptors (Lipinski definition) is 2. The molecule has 2 fully saturated rings. The van der Waals surface area contributed by atoms with Crippen molar-refractivity contribution in [3.05, 3.63) is 48.0 Å². The third-order valence-corrected chi connectivity index (χ3v) is 6.93. The van der Waals surface area contributed by atoms with Gasteiger partial charge in [0, 0.05) is 48.0 Å². The van der Waals surface area contributed by atoms with Crippen LogP contribution in [0.2, 0.25) is 0 Å². The van der Waals surface area contributed by atoms with E-state index in [1.54, 1.807) is 0 Å². The second-order valence-electron chi connectivity index (χ2n) is 8.33. The molecule has 0 unspecified atom stereocenters. The number of nitrogens with zero attached hydrogens (tertiary/aromatic N) is 2. The molecule has 1 N–H and O–H groups in total. The number of fused-ring (bicyclic) bond motifs is 4. The van der Waals surface area contributed by atoms with E-state index < -0.39 is 11.4 Å². The number of carboxylic acids is 1. The van der Waals surface area contributed by atoms with E-state index in [2.05, 4.69) is 58.9 Å². The zero-order chi connectivity index (χ0) is 18.6. The fourth-order valence-electron chi connectivity index (χ4n) is 5.66. The lowest BCUT2D eigenvalue weighted by Gasteiger charge is -2.23. The van der Waals surface area contributed by atoms with Crippen LogP contribution in [0.5, 0.6) is 0 Å². The zero-order valence-electron chi connectivity index (χ0n) is 15.8. The van der Waals surface area contributed by atoms with Gasteiger partial charge >= 0.3 is 5.97 Å². The Morgan fingerprint density at radius 2 is 2.00 bits per heavy atom. The van der Waals surface area contributed by atoms with Crippen LogP contribution in [0, 0.1) is 11.3 Å². The molecule has 0 bridgehead atoms. The van der Waals surface area contributed by atoms with Gasteiger partial charge in [0.05, 0.1) is 5.41 Å². The van der Waals surface area contributed by atoms with Gasteiger partial charge in [-0.3, -0.25) is 9.69 Å². The number of carboxylic acid groups (broad SMARTS) is 1. The molecule has 2 aromatic carbocycles. The van der Waals surface area contributed by atoms with Crippen LogP contribution >= 0.6 is 0 Å². The summed E-state index contributed by atoms with van der Waals surface area (Å²) in [5.74, 6) is -0.269. The van der Waals surface area contributed by atoms with Crippen molar-refractivity contribution in [1.29, 1.82) is 0 Å². The standard InChI is InChI=1S/C23H26N2O2/c1-2-25-20-8-4-3-7-18(20)19-12-16(9-10-21(19)25)13-24-14-17-6-5-11-23(17,15-24)22(26)27/h3-4,7-10,12,17H,2,5-6,11,13-15H2,1H3,(H,26,27)/t17-,23+/m0/s1. The van der Waals surface area contributed by atoms with E-state index in [1.807, 2.05) is 0 Å². The third kappa shape index (κ3) is 2.43. The van der Waals surface area contributed by atoms with Crippen molar-refractivity contribution in [2.24, 2.45) is 11.3 Å². The highest BCUT2D eigenvalue weighted by molar-refractivity contribution is 6.08. The Bertz CT molecular complexity index is 1040. The van der Waals surface area contributed by atoms with Gasteiger partial charge in [-0.2, -0.15) is 0 Å². The first-order chi connectivity index (χ1) is 13.1. The zero-order valence-corrected chi connectivity index (χ0v) is 15.8. The highest BCUT2D eigenvalue weighted by Crippen LogP contribution is 2.49. The molecule has 1 aliphatic carbocycles. The van der Waals surface area contributed by atoms with Gasteiger partial charge in [-0.05, 0) is 49.4 Å². The molecule has 0 spiro atoms. The van der Waals surface area contributed by atoms with Crippen LogP contribution in [0.1, 0.15) is 31.7 Å². The Kier molecular flexibility index (Phi) is 3.80. The summed E-state index contributed by atoms with van der Waals surface area (Å²) in [6.45, 7) is 5.60. The van der Waals surface area contributed by atoms with Gasteiger partial charge in [-0.25, -0.2) is 0 Å². The molecule has 2 heterocycles. The van der Waals surface area contributed by atoms with Gasteiger partial charge in [0.1, 0.15) is 0 Å². The van der Waals surface area contributed by atoms with Gasteiger partial charge in [-0.1, -0.05) is 30.7 Å². The Labute approximate surface area is 159 Å². The SMILES string of the molecule is CCn1c2ccccc2c2cc(CN3C[C@@H]4CCC[C@@]4(C(=O)O)C3)ccc21. The topological polar surface area (TPSA) is 45.5 Å². The average molecular weight is 362 g/mol. The molecule has 1 aromatic heterocycles. The van der Waals surface area contributed by atoms with Crippen molar-refractivity contribution < 1.29 is 9.90 Å². The maximum atomic E-state index is 11.9. The highest BCUT2D eigenvalue weighted by atomic mass is 16.4. The fourth-order valence-corrected chi connectivity index (χ4v) is 5.66. The molecule has 3 aromatic rings. The van der Waals surface area contributed by atoms with E-state index in [0.717, 1.165) is 38.9 Å². The Morgan fingerprint density at radius 3 is 2.78 bits per heavy atom. The molecule has 0 radical (unpaired) electrons. The van der Waals surface area contributed by atoms with E-state index in [4.69, 9.17) is 0 Å². The Hall–Kier alpha value is -2.33. The van der Waals surface area contributed by atoms with E-state index >= 15 is 0 Å². The smallest absolute Gasteiger partial charge is 0.311 e. The molecule has 1 saturated carbocycles. The maximum absolute atomic E-state index is 11.9. The molecular weight excluding hydrogens is 336 g/mol. The summed E-state index contributed by atoms with van der Waals surface area (Å²) in [7, 11) is 0. The number of likely N-dealkylation sites (tertiary alicyclic amines) is 1. The van der Waals surface area contributed by atoms with Crippen LogP contribution < -0.4 is 0 Å². The predicted molar refractivity (Wildman–Crippen MR) is 108 cm³/mol. The van der Waals surface area contributed by atoms with Gasteiger partial charge in [0.15, 0.2) is 0 Å². The monoisotopic (exact) mass is 362 g/mol. The maximum Gasteiger partial charge on any atom is 0.311 e. The van der Waals surface area contributed by atoms with Gasteiger partial charge < -0.3 is 9.67 Å². The van der Waals surface area contributed by atoms with Crippen LogP contribution in [0.25, 0.3) is 21.8 Å². The largest absolute Gasteiger partial charge is 0.481 e. The summed E-state index contributed by atoms with van der Waals surface area (Å²) >= 11 is 0. The molecule has 2 atom stereocenters. The lowest BCUT2D eigenvalue weighted by Crippen LogP contribution is -2.35. The molecule has 4 heteroatoms. The minimum absolute atomic E-state index is 0.320. The number of benzene rings is 2. The van der Waals surface area contributed by atoms with Crippen molar-refractivity contribution in [2.45, 2.75) is 39.3 Å². The first kappa shape index (κ1) is 16.8. The van der Waals surface area contributed by atoms with Gasteiger partial charge in [0.2, 0.25) is 0 Å². The third-order valence-electron chi connectivity index (χ3n) is 6.93. The highest BCUT2D eigenvalue weighted by Gasteiger charge is 2.54. The summed E-state index contributed by atoms with van der Waals surface area (Å²) in [6, 6.07) is 15.4. The van der Waals surface area contributed by atoms with Crippen LogP contribution in [0.3, 0.4) is 0 Å². The summed E-state index contributed by atoms with van der Waals surface area (Å²) < 4.78 is 2.37. The van der Waals surface area contributed by atoms with Crippen molar-refractivity contribution >= 4 is 27.8 Å². The van der Waals surface area contributed by atoms with E-state index in [0.29, 0.717) is 12.5 Å². The molecule has 2 aliphatic rings. The van der Waals surface area contributed by atoms with Gasteiger partial charge in [0.25, 0.3) is 0 Å². The number of aromatic nitrogens is 1. The van der Waals surface area contributed by atoms with E-state index in [9.17, 15) is 9.90 Å². The fraction of sp³-hybridized carbons (Fsp3) is 0.435. The Balaban J connectivity index is 1.48.